The molecule has 2 aliphatic rings. The van der Waals surface area contributed by atoms with Crippen molar-refractivity contribution in [3.63, 3.8) is 0 Å². The second kappa shape index (κ2) is 6.57. The number of thiophene rings is 1. The summed E-state index contributed by atoms with van der Waals surface area (Å²) in [6, 6.07) is 3.71. The summed E-state index contributed by atoms with van der Waals surface area (Å²) < 4.78 is 20.2. The van der Waals surface area contributed by atoms with Crippen LogP contribution in [0.4, 0.5) is 4.39 Å². The number of alkyl halides is 1. The topological polar surface area (TPSA) is 49.9 Å². The molecular formula is C16H21FN2O3S. The molecule has 3 heterocycles. The lowest BCUT2D eigenvalue weighted by atomic mass is 9.91. The molecule has 2 saturated heterocycles. The van der Waals surface area contributed by atoms with Crippen LogP contribution in [0.5, 0.6) is 0 Å². The number of nitrogens with zero attached hydrogens (tertiary/aromatic N) is 2. The number of amides is 2. The molecule has 1 aromatic rings. The van der Waals surface area contributed by atoms with Crippen LogP contribution in [0.2, 0.25) is 0 Å². The normalized spacial score (nSPS) is 21.3. The second-order valence-corrected chi connectivity index (χ2v) is 7.36. The lowest BCUT2D eigenvalue weighted by Crippen LogP contribution is -2.55. The van der Waals surface area contributed by atoms with Crippen LogP contribution in [0.25, 0.3) is 0 Å². The molecule has 0 radical (unpaired) electrons. The van der Waals surface area contributed by atoms with E-state index in [4.69, 9.17) is 4.74 Å². The highest BCUT2D eigenvalue weighted by atomic mass is 32.1. The van der Waals surface area contributed by atoms with E-state index in [-0.39, 0.29) is 31.8 Å². The first-order valence-corrected chi connectivity index (χ1v) is 8.73. The van der Waals surface area contributed by atoms with Crippen LogP contribution in [0.3, 0.4) is 0 Å². The van der Waals surface area contributed by atoms with Gasteiger partial charge in [-0.25, -0.2) is 4.39 Å². The summed E-state index contributed by atoms with van der Waals surface area (Å²) in [5.74, 6) is -0.510. The molecule has 0 unspecified atom stereocenters. The maximum absolute atomic E-state index is 15.0. The monoisotopic (exact) mass is 340 g/mol. The molecule has 7 heteroatoms. The highest BCUT2D eigenvalue weighted by Crippen LogP contribution is 2.30. The van der Waals surface area contributed by atoms with Crippen molar-refractivity contribution in [1.29, 1.82) is 0 Å². The Morgan fingerprint density at radius 1 is 1.13 bits per heavy atom. The van der Waals surface area contributed by atoms with Gasteiger partial charge in [-0.3, -0.25) is 9.59 Å². The number of carbonyl (C=O) groups is 2. The van der Waals surface area contributed by atoms with Gasteiger partial charge in [0.05, 0.1) is 18.1 Å². The summed E-state index contributed by atoms with van der Waals surface area (Å²) in [4.78, 5) is 29.8. The molecule has 0 saturated carbocycles. The molecule has 2 aliphatic heterocycles. The molecule has 2 fully saturated rings. The summed E-state index contributed by atoms with van der Waals surface area (Å²) in [6.45, 7) is 4.33. The second-order valence-electron chi connectivity index (χ2n) is 6.07. The minimum Gasteiger partial charge on any atom is -0.378 e. The molecule has 3 rings (SSSR count). The molecule has 0 aromatic carbocycles. The Morgan fingerprint density at radius 2 is 1.78 bits per heavy atom. The Hall–Kier alpha value is -1.47. The van der Waals surface area contributed by atoms with Crippen LogP contribution in [-0.4, -0.2) is 66.7 Å². The lowest BCUT2D eigenvalue weighted by molar-refractivity contribution is -0.151. The maximum Gasteiger partial charge on any atom is 0.263 e. The van der Waals surface area contributed by atoms with Crippen LogP contribution < -0.4 is 0 Å². The summed E-state index contributed by atoms with van der Waals surface area (Å²) >= 11 is 1.44. The SMILES string of the molecule is Cc1ccc(C(=O)N2CCC(F)(C(=O)N3CCOCC3)CC2)s1. The number of morpholine rings is 1. The van der Waals surface area contributed by atoms with E-state index in [1.165, 1.54) is 11.3 Å². The predicted octanol–water partition coefficient (Wildman–Crippen LogP) is 1.86. The zero-order valence-electron chi connectivity index (χ0n) is 13.2. The average molecular weight is 340 g/mol. The molecule has 0 atom stereocenters. The van der Waals surface area contributed by atoms with Gasteiger partial charge in [0.25, 0.3) is 11.8 Å². The van der Waals surface area contributed by atoms with E-state index >= 15 is 4.39 Å². The number of rotatable bonds is 2. The highest BCUT2D eigenvalue weighted by molar-refractivity contribution is 7.13. The van der Waals surface area contributed by atoms with E-state index < -0.39 is 11.6 Å². The maximum atomic E-state index is 15.0. The standard InChI is InChI=1S/C16H21FN2O3S/c1-12-2-3-13(23-12)14(20)18-6-4-16(17,5-7-18)15(21)19-8-10-22-11-9-19/h2-3H,4-11H2,1H3. The first-order chi connectivity index (χ1) is 11.0. The summed E-state index contributed by atoms with van der Waals surface area (Å²) in [5.41, 5.74) is -1.85. The number of halogens is 1. The quantitative estimate of drug-likeness (QED) is 0.826. The molecule has 5 nitrogen and oxygen atoms in total. The molecule has 0 spiro atoms. The Bertz CT molecular complexity index is 590. The van der Waals surface area contributed by atoms with Crippen molar-refractivity contribution in [3.8, 4) is 0 Å². The van der Waals surface area contributed by atoms with Gasteiger partial charge in [0.15, 0.2) is 5.67 Å². The van der Waals surface area contributed by atoms with Crippen molar-refractivity contribution >= 4 is 23.2 Å². The number of piperidine rings is 1. The van der Waals surface area contributed by atoms with Gasteiger partial charge < -0.3 is 14.5 Å². The summed E-state index contributed by atoms with van der Waals surface area (Å²) in [6.07, 6.45) is 0.137. The fourth-order valence-corrected chi connectivity index (χ4v) is 3.87. The molecule has 2 amide bonds. The first kappa shape index (κ1) is 16.4. The highest BCUT2D eigenvalue weighted by Gasteiger charge is 2.45. The summed E-state index contributed by atoms with van der Waals surface area (Å²) in [7, 11) is 0. The fourth-order valence-electron chi connectivity index (χ4n) is 3.03. The van der Waals surface area contributed by atoms with Crippen molar-refractivity contribution in [3.05, 3.63) is 21.9 Å². The van der Waals surface area contributed by atoms with Gasteiger partial charge in [-0.15, -0.1) is 11.3 Å². The molecule has 0 N–H and O–H groups in total. The van der Waals surface area contributed by atoms with E-state index in [9.17, 15) is 9.59 Å². The number of hydrogen-bond donors (Lipinski definition) is 0. The third kappa shape index (κ3) is 3.40. The molecular weight excluding hydrogens is 319 g/mol. The number of aryl methyl sites for hydroxylation is 1. The van der Waals surface area contributed by atoms with Crippen molar-refractivity contribution in [2.45, 2.75) is 25.4 Å². The smallest absolute Gasteiger partial charge is 0.263 e. The van der Waals surface area contributed by atoms with Gasteiger partial charge in [0.2, 0.25) is 0 Å². The minimum absolute atomic E-state index is 0.0658. The number of ether oxygens (including phenoxy) is 1. The number of hydrogen-bond acceptors (Lipinski definition) is 4. The lowest BCUT2D eigenvalue weighted by Gasteiger charge is -2.39. The van der Waals surface area contributed by atoms with Crippen LogP contribution in [0.15, 0.2) is 12.1 Å². The van der Waals surface area contributed by atoms with Crippen molar-refractivity contribution in [1.82, 2.24) is 9.80 Å². The fraction of sp³-hybridized carbons (Fsp3) is 0.625. The largest absolute Gasteiger partial charge is 0.378 e. The van der Waals surface area contributed by atoms with Crippen LogP contribution in [-0.2, 0) is 9.53 Å². The van der Waals surface area contributed by atoms with Gasteiger partial charge >= 0.3 is 0 Å². The Labute approximate surface area is 139 Å². The molecule has 0 bridgehead atoms. The zero-order valence-corrected chi connectivity index (χ0v) is 14.0. The average Bonchev–Trinajstić information content (AvgIpc) is 3.01. The zero-order chi connectivity index (χ0) is 16.4. The molecule has 23 heavy (non-hydrogen) atoms. The Morgan fingerprint density at radius 3 is 2.35 bits per heavy atom. The third-order valence-corrected chi connectivity index (χ3v) is 5.46. The van der Waals surface area contributed by atoms with Gasteiger partial charge in [-0.2, -0.15) is 0 Å². The molecule has 0 aliphatic carbocycles. The van der Waals surface area contributed by atoms with Crippen molar-refractivity contribution in [2.75, 3.05) is 39.4 Å². The van der Waals surface area contributed by atoms with Gasteiger partial charge in [-0.1, -0.05) is 0 Å². The minimum atomic E-state index is -1.85. The van der Waals surface area contributed by atoms with Crippen LogP contribution >= 0.6 is 11.3 Å². The van der Waals surface area contributed by atoms with Crippen LogP contribution in [0.1, 0.15) is 27.4 Å². The van der Waals surface area contributed by atoms with Crippen molar-refractivity contribution < 1.29 is 18.7 Å². The molecule has 126 valence electrons. The van der Waals surface area contributed by atoms with E-state index in [0.717, 1.165) is 4.88 Å². The predicted molar refractivity (Wildman–Crippen MR) is 85.4 cm³/mol. The van der Waals surface area contributed by atoms with Crippen LogP contribution in [0, 0.1) is 6.92 Å². The first-order valence-electron chi connectivity index (χ1n) is 7.91. The van der Waals surface area contributed by atoms with E-state index in [0.29, 0.717) is 31.2 Å². The van der Waals surface area contributed by atoms with E-state index in [1.54, 1.807) is 15.9 Å². The van der Waals surface area contributed by atoms with E-state index in [1.807, 2.05) is 13.0 Å². The number of carbonyl (C=O) groups excluding carboxylic acids is 2. The number of likely N-dealkylation sites (tertiary alicyclic amines) is 1. The molecule has 1 aromatic heterocycles. The third-order valence-electron chi connectivity index (χ3n) is 4.48. The Kier molecular flexibility index (Phi) is 4.68. The van der Waals surface area contributed by atoms with Gasteiger partial charge in [-0.05, 0) is 19.1 Å². The Balaban J connectivity index is 1.60. The summed E-state index contributed by atoms with van der Waals surface area (Å²) in [5, 5.41) is 0. The van der Waals surface area contributed by atoms with Crippen molar-refractivity contribution in [2.24, 2.45) is 0 Å². The van der Waals surface area contributed by atoms with Gasteiger partial charge in [0.1, 0.15) is 0 Å². The van der Waals surface area contributed by atoms with Gasteiger partial charge in [0, 0.05) is 43.9 Å². The van der Waals surface area contributed by atoms with E-state index in [2.05, 4.69) is 0 Å².